The lowest BCUT2D eigenvalue weighted by atomic mass is 10.0. The summed E-state index contributed by atoms with van der Waals surface area (Å²) in [6.07, 6.45) is 4.11. The van der Waals surface area contributed by atoms with E-state index < -0.39 is 35.4 Å². The molecule has 0 spiro atoms. The van der Waals surface area contributed by atoms with Crippen molar-refractivity contribution in [1.82, 2.24) is 20.0 Å². The number of carbonyl (C=O) groups is 3. The molecule has 35 heavy (non-hydrogen) atoms. The van der Waals surface area contributed by atoms with Crippen molar-refractivity contribution in [2.24, 2.45) is 0 Å². The molecule has 1 saturated heterocycles. The van der Waals surface area contributed by atoms with E-state index in [0.29, 0.717) is 29.8 Å². The van der Waals surface area contributed by atoms with Gasteiger partial charge in [0.2, 0.25) is 5.91 Å². The number of anilines is 1. The normalized spacial score (nSPS) is 17.5. The van der Waals surface area contributed by atoms with E-state index in [1.807, 2.05) is 0 Å². The summed E-state index contributed by atoms with van der Waals surface area (Å²) in [6.45, 7) is 4.15. The van der Waals surface area contributed by atoms with Gasteiger partial charge in [0, 0.05) is 41.3 Å². The van der Waals surface area contributed by atoms with Crippen LogP contribution in [0.5, 0.6) is 0 Å². The molecule has 3 heterocycles. The number of halogens is 2. The summed E-state index contributed by atoms with van der Waals surface area (Å²) in [5, 5.41) is 9.98. The number of carbonyl (C=O) groups excluding carboxylic acids is 3. The van der Waals surface area contributed by atoms with Crippen LogP contribution in [0.3, 0.4) is 0 Å². The summed E-state index contributed by atoms with van der Waals surface area (Å²) in [4.78, 5) is 39.6. The number of imide groups is 1. The first-order chi connectivity index (χ1) is 16.8. The van der Waals surface area contributed by atoms with Crippen LogP contribution in [0.4, 0.5) is 14.5 Å². The number of allylic oxidation sites excluding steroid dienone is 1. The molecule has 2 N–H and O–H groups in total. The predicted octanol–water partition coefficient (Wildman–Crippen LogP) is 3.21. The lowest BCUT2D eigenvalue weighted by Gasteiger charge is -2.29. The molecular weight excluding hydrogens is 456 g/mol. The Bertz CT molecular complexity index is 1380. The summed E-state index contributed by atoms with van der Waals surface area (Å²) < 4.78 is 28.6. The van der Waals surface area contributed by atoms with Gasteiger partial charge in [-0.1, -0.05) is 18.7 Å². The Morgan fingerprint density at radius 3 is 2.74 bits per heavy atom. The van der Waals surface area contributed by atoms with Crippen LogP contribution in [-0.2, 0) is 17.9 Å². The number of nitrogens with one attached hydrogen (secondary N) is 2. The fraction of sp³-hybridized carbons (Fsp3) is 0.200. The predicted molar refractivity (Wildman–Crippen MR) is 122 cm³/mol. The van der Waals surface area contributed by atoms with Crippen molar-refractivity contribution < 1.29 is 23.2 Å². The van der Waals surface area contributed by atoms with Crippen molar-refractivity contribution >= 4 is 23.4 Å². The topological polar surface area (TPSA) is 96.3 Å². The molecule has 3 aromatic rings. The van der Waals surface area contributed by atoms with Crippen LogP contribution >= 0.6 is 0 Å². The summed E-state index contributed by atoms with van der Waals surface area (Å²) in [7, 11) is 0. The van der Waals surface area contributed by atoms with Gasteiger partial charge in [0.25, 0.3) is 11.8 Å². The molecule has 10 heteroatoms. The standard InChI is InChI=1S/C25H21F2N5O3/c1-14-5-8-21(23(33)30-14)32-24(34)18-3-2-4-20(22(18)25(32)35)28-10-15-11-29-31(12-15)13-16-6-7-17(26)9-19(16)27/h2-4,6-7,9,11-12,21,28H,1,5,8,10,13H2,(H,30,33). The highest BCUT2D eigenvalue weighted by atomic mass is 19.1. The number of aromatic nitrogens is 2. The molecule has 1 unspecified atom stereocenters. The first kappa shape index (κ1) is 22.5. The lowest BCUT2D eigenvalue weighted by Crippen LogP contribution is -2.51. The number of benzene rings is 2. The van der Waals surface area contributed by atoms with Gasteiger partial charge < -0.3 is 10.6 Å². The number of nitrogens with zero attached hydrogens (tertiary/aromatic N) is 3. The van der Waals surface area contributed by atoms with Crippen LogP contribution < -0.4 is 10.6 Å². The van der Waals surface area contributed by atoms with Gasteiger partial charge in [-0.2, -0.15) is 5.10 Å². The van der Waals surface area contributed by atoms with E-state index in [1.54, 1.807) is 30.6 Å². The van der Waals surface area contributed by atoms with Gasteiger partial charge in [-0.05, 0) is 31.0 Å². The van der Waals surface area contributed by atoms with Crippen molar-refractivity contribution in [3.63, 3.8) is 0 Å². The molecule has 178 valence electrons. The van der Waals surface area contributed by atoms with Crippen LogP contribution in [0.25, 0.3) is 0 Å². The molecule has 1 atom stereocenters. The van der Waals surface area contributed by atoms with Crippen molar-refractivity contribution in [1.29, 1.82) is 0 Å². The molecule has 3 amide bonds. The van der Waals surface area contributed by atoms with Gasteiger partial charge in [0.15, 0.2) is 0 Å². The van der Waals surface area contributed by atoms with E-state index in [9.17, 15) is 23.2 Å². The number of hydrogen-bond donors (Lipinski definition) is 2. The SMILES string of the molecule is C=C1CCC(N2C(=O)c3cccc(NCc4cnn(Cc5ccc(F)cc5F)c4)c3C2=O)C(=O)N1. The third kappa shape index (κ3) is 4.18. The highest BCUT2D eigenvalue weighted by molar-refractivity contribution is 6.25. The van der Waals surface area contributed by atoms with E-state index in [4.69, 9.17) is 0 Å². The number of rotatable bonds is 6. The summed E-state index contributed by atoms with van der Waals surface area (Å²) in [5.41, 5.74) is 2.53. The Hall–Kier alpha value is -4.34. The first-order valence-electron chi connectivity index (χ1n) is 11.0. The van der Waals surface area contributed by atoms with E-state index in [-0.39, 0.29) is 24.2 Å². The zero-order chi connectivity index (χ0) is 24.7. The molecule has 0 aliphatic carbocycles. The number of amides is 3. The average Bonchev–Trinajstić information content (AvgIpc) is 3.37. The Kier molecular flexibility index (Phi) is 5.64. The molecule has 1 aromatic heterocycles. The quantitative estimate of drug-likeness (QED) is 0.532. The second-order valence-corrected chi connectivity index (χ2v) is 8.49. The Labute approximate surface area is 199 Å². The third-order valence-corrected chi connectivity index (χ3v) is 6.10. The highest BCUT2D eigenvalue weighted by Crippen LogP contribution is 2.33. The lowest BCUT2D eigenvalue weighted by molar-refractivity contribution is -0.125. The fourth-order valence-electron chi connectivity index (χ4n) is 4.35. The minimum absolute atomic E-state index is 0.130. The Balaban J connectivity index is 1.31. The first-order valence-corrected chi connectivity index (χ1v) is 11.0. The number of hydrogen-bond acceptors (Lipinski definition) is 5. The zero-order valence-corrected chi connectivity index (χ0v) is 18.6. The van der Waals surface area contributed by atoms with Crippen LogP contribution in [0.15, 0.2) is 61.1 Å². The van der Waals surface area contributed by atoms with E-state index in [1.165, 1.54) is 16.8 Å². The molecule has 2 aromatic carbocycles. The van der Waals surface area contributed by atoms with Crippen molar-refractivity contribution in [2.75, 3.05) is 5.32 Å². The van der Waals surface area contributed by atoms with Gasteiger partial charge in [-0.15, -0.1) is 0 Å². The minimum atomic E-state index is -0.883. The van der Waals surface area contributed by atoms with E-state index in [2.05, 4.69) is 22.3 Å². The van der Waals surface area contributed by atoms with Crippen LogP contribution in [0.2, 0.25) is 0 Å². The Morgan fingerprint density at radius 2 is 1.97 bits per heavy atom. The largest absolute Gasteiger partial charge is 0.380 e. The number of piperidine rings is 1. The second kappa shape index (κ2) is 8.79. The molecule has 0 saturated carbocycles. The van der Waals surface area contributed by atoms with Crippen LogP contribution in [0.1, 0.15) is 44.7 Å². The molecule has 5 rings (SSSR count). The van der Waals surface area contributed by atoms with Gasteiger partial charge in [-0.3, -0.25) is 24.0 Å². The molecule has 1 fully saturated rings. The number of fused-ring (bicyclic) bond motifs is 1. The molecular formula is C25H21F2N5O3. The zero-order valence-electron chi connectivity index (χ0n) is 18.6. The molecule has 8 nitrogen and oxygen atoms in total. The van der Waals surface area contributed by atoms with Crippen molar-refractivity contribution in [3.05, 3.63) is 95.0 Å². The van der Waals surface area contributed by atoms with Crippen molar-refractivity contribution in [3.8, 4) is 0 Å². The van der Waals surface area contributed by atoms with E-state index in [0.717, 1.165) is 16.5 Å². The maximum Gasteiger partial charge on any atom is 0.264 e. The van der Waals surface area contributed by atoms with Gasteiger partial charge in [-0.25, -0.2) is 8.78 Å². The second-order valence-electron chi connectivity index (χ2n) is 8.49. The van der Waals surface area contributed by atoms with Crippen LogP contribution in [0, 0.1) is 11.6 Å². The van der Waals surface area contributed by atoms with Gasteiger partial charge in [0.05, 0.1) is 23.9 Å². The van der Waals surface area contributed by atoms with E-state index >= 15 is 0 Å². The molecule has 0 bridgehead atoms. The molecule has 2 aliphatic rings. The fourth-order valence-corrected chi connectivity index (χ4v) is 4.35. The molecule has 0 radical (unpaired) electrons. The summed E-state index contributed by atoms with van der Waals surface area (Å²) in [5.74, 6) is -2.74. The minimum Gasteiger partial charge on any atom is -0.380 e. The van der Waals surface area contributed by atoms with Crippen LogP contribution in [-0.4, -0.2) is 38.4 Å². The summed E-state index contributed by atoms with van der Waals surface area (Å²) in [6, 6.07) is 7.42. The van der Waals surface area contributed by atoms with Crippen molar-refractivity contribution in [2.45, 2.75) is 32.0 Å². The maximum absolute atomic E-state index is 13.9. The highest BCUT2D eigenvalue weighted by Gasteiger charge is 2.45. The average molecular weight is 477 g/mol. The monoisotopic (exact) mass is 477 g/mol. The summed E-state index contributed by atoms with van der Waals surface area (Å²) >= 11 is 0. The third-order valence-electron chi connectivity index (χ3n) is 6.10. The Morgan fingerprint density at radius 1 is 1.14 bits per heavy atom. The van der Waals surface area contributed by atoms with Gasteiger partial charge in [0.1, 0.15) is 17.7 Å². The molecule has 2 aliphatic heterocycles. The smallest absolute Gasteiger partial charge is 0.264 e. The van der Waals surface area contributed by atoms with Gasteiger partial charge >= 0.3 is 0 Å². The maximum atomic E-state index is 13.9.